The molecule has 2 N–H and O–H groups in total. The average molecular weight is 272 g/mol. The first-order valence-electron chi connectivity index (χ1n) is 7.18. The normalized spacial score (nSPS) is 20.4. The predicted octanol–water partition coefficient (Wildman–Crippen LogP) is 2.09. The Kier molecular flexibility index (Phi) is 5.05. The molecule has 0 radical (unpaired) electrons. The first kappa shape index (κ1) is 14.9. The van der Waals surface area contributed by atoms with Gasteiger partial charge in [0, 0.05) is 24.2 Å². The number of rotatable bonds is 5. The number of hydrogen-bond donors (Lipinski definition) is 1. The highest BCUT2D eigenvalue weighted by Crippen LogP contribution is 2.38. The van der Waals surface area contributed by atoms with E-state index < -0.39 is 0 Å². The van der Waals surface area contributed by atoms with E-state index in [1.54, 1.807) is 7.11 Å². The Balaban J connectivity index is 2.07. The highest BCUT2D eigenvalue weighted by atomic mass is 16.5. The number of benzene rings is 1. The maximum atomic E-state index is 5.45. The van der Waals surface area contributed by atoms with Crippen LogP contribution in [0.1, 0.15) is 24.5 Å². The molecule has 2 rings (SSSR count). The summed E-state index contributed by atoms with van der Waals surface area (Å²) in [5.74, 6) is 8.66. The largest absolute Gasteiger partial charge is 0.496 e. The summed E-state index contributed by atoms with van der Waals surface area (Å²) in [6.07, 6.45) is 1.36. The van der Waals surface area contributed by atoms with E-state index in [2.05, 4.69) is 36.8 Å². The molecule has 0 bridgehead atoms. The van der Waals surface area contributed by atoms with Crippen LogP contribution in [-0.2, 0) is 6.54 Å². The third kappa shape index (κ3) is 4.00. The van der Waals surface area contributed by atoms with Crippen molar-refractivity contribution in [3.8, 4) is 17.6 Å². The summed E-state index contributed by atoms with van der Waals surface area (Å²) in [6.45, 7) is 4.76. The van der Waals surface area contributed by atoms with Crippen molar-refractivity contribution in [3.63, 3.8) is 0 Å². The lowest BCUT2D eigenvalue weighted by Gasteiger charge is -2.18. The van der Waals surface area contributed by atoms with E-state index in [9.17, 15) is 0 Å². The summed E-state index contributed by atoms with van der Waals surface area (Å²) >= 11 is 0. The van der Waals surface area contributed by atoms with Gasteiger partial charge < -0.3 is 15.4 Å². The summed E-state index contributed by atoms with van der Waals surface area (Å²) in [5.41, 5.74) is 7.61. The molecule has 2 atom stereocenters. The molecule has 0 aromatic heterocycles. The fourth-order valence-electron chi connectivity index (χ4n) is 2.54. The number of hydrogen-bond acceptors (Lipinski definition) is 3. The van der Waals surface area contributed by atoms with E-state index in [4.69, 9.17) is 10.5 Å². The van der Waals surface area contributed by atoms with E-state index >= 15 is 0 Å². The van der Waals surface area contributed by atoms with Crippen LogP contribution in [0.2, 0.25) is 0 Å². The molecule has 1 aromatic carbocycles. The number of nitrogens with two attached hydrogens (primary N) is 1. The van der Waals surface area contributed by atoms with Crippen molar-refractivity contribution in [1.82, 2.24) is 4.90 Å². The monoisotopic (exact) mass is 272 g/mol. The van der Waals surface area contributed by atoms with E-state index in [1.807, 2.05) is 12.1 Å². The van der Waals surface area contributed by atoms with Crippen molar-refractivity contribution in [2.24, 2.45) is 17.6 Å². The quantitative estimate of drug-likeness (QED) is 0.834. The van der Waals surface area contributed by atoms with Gasteiger partial charge in [0.05, 0.1) is 13.7 Å². The average Bonchev–Trinajstić information content (AvgIpc) is 3.11. The number of ether oxygens (including phenoxy) is 1. The van der Waals surface area contributed by atoms with E-state index in [0.29, 0.717) is 6.54 Å². The second-order valence-electron chi connectivity index (χ2n) is 5.70. The van der Waals surface area contributed by atoms with Crippen molar-refractivity contribution in [3.05, 3.63) is 29.3 Å². The van der Waals surface area contributed by atoms with Crippen LogP contribution in [0.4, 0.5) is 0 Å². The number of nitrogens with zero attached hydrogens (tertiary/aromatic N) is 1. The molecule has 1 aliphatic rings. The first-order valence-corrected chi connectivity index (χ1v) is 7.18. The van der Waals surface area contributed by atoms with Gasteiger partial charge in [0.15, 0.2) is 0 Å². The van der Waals surface area contributed by atoms with Crippen LogP contribution in [0.15, 0.2) is 18.2 Å². The fourth-order valence-corrected chi connectivity index (χ4v) is 2.54. The Morgan fingerprint density at radius 3 is 2.80 bits per heavy atom. The van der Waals surface area contributed by atoms with E-state index in [1.165, 1.54) is 12.0 Å². The highest BCUT2D eigenvalue weighted by molar-refractivity contribution is 5.44. The van der Waals surface area contributed by atoms with Gasteiger partial charge in [-0.25, -0.2) is 0 Å². The van der Waals surface area contributed by atoms with Crippen molar-refractivity contribution < 1.29 is 4.74 Å². The second-order valence-corrected chi connectivity index (χ2v) is 5.70. The van der Waals surface area contributed by atoms with Crippen LogP contribution in [0.5, 0.6) is 5.75 Å². The maximum absolute atomic E-state index is 5.45. The molecule has 1 aliphatic carbocycles. The molecule has 0 spiro atoms. The van der Waals surface area contributed by atoms with Gasteiger partial charge in [0.25, 0.3) is 0 Å². The minimum atomic E-state index is 0.390. The smallest absolute Gasteiger partial charge is 0.123 e. The van der Waals surface area contributed by atoms with Gasteiger partial charge in [-0.2, -0.15) is 0 Å². The van der Waals surface area contributed by atoms with Crippen LogP contribution in [-0.4, -0.2) is 32.1 Å². The topological polar surface area (TPSA) is 38.5 Å². The minimum Gasteiger partial charge on any atom is -0.496 e. The highest BCUT2D eigenvalue weighted by Gasteiger charge is 2.33. The van der Waals surface area contributed by atoms with Crippen LogP contribution < -0.4 is 10.5 Å². The van der Waals surface area contributed by atoms with Crippen LogP contribution in [0.25, 0.3) is 0 Å². The van der Waals surface area contributed by atoms with Gasteiger partial charge in [0.1, 0.15) is 5.75 Å². The van der Waals surface area contributed by atoms with Gasteiger partial charge in [-0.1, -0.05) is 18.8 Å². The van der Waals surface area contributed by atoms with Gasteiger partial charge in [-0.3, -0.25) is 0 Å². The van der Waals surface area contributed by atoms with Crippen molar-refractivity contribution in [2.45, 2.75) is 19.9 Å². The Morgan fingerprint density at radius 1 is 1.45 bits per heavy atom. The Morgan fingerprint density at radius 2 is 2.20 bits per heavy atom. The minimum absolute atomic E-state index is 0.390. The molecule has 0 saturated heterocycles. The molecule has 20 heavy (non-hydrogen) atoms. The van der Waals surface area contributed by atoms with Gasteiger partial charge in [-0.05, 0) is 43.5 Å². The van der Waals surface area contributed by atoms with E-state index in [0.717, 1.165) is 36.2 Å². The molecule has 1 aromatic rings. The lowest BCUT2D eigenvalue weighted by atomic mass is 10.1. The second kappa shape index (κ2) is 6.78. The molecule has 108 valence electrons. The molecule has 1 fully saturated rings. The Bertz CT molecular complexity index is 515. The summed E-state index contributed by atoms with van der Waals surface area (Å²) < 4.78 is 5.45. The number of methoxy groups -OCH3 is 1. The van der Waals surface area contributed by atoms with Crippen molar-refractivity contribution >= 4 is 0 Å². The SMILES string of the molecule is COc1ccc(C#CCN)cc1CN(C)CC1CC1C. The zero-order valence-corrected chi connectivity index (χ0v) is 12.6. The van der Waals surface area contributed by atoms with E-state index in [-0.39, 0.29) is 0 Å². The molecule has 2 unspecified atom stereocenters. The molecule has 0 heterocycles. The fraction of sp³-hybridized carbons (Fsp3) is 0.529. The van der Waals surface area contributed by atoms with Crippen molar-refractivity contribution in [2.75, 3.05) is 27.2 Å². The standard InChI is InChI=1S/C17H24N2O/c1-13-9-15(13)11-19(2)12-16-10-14(5-4-8-18)6-7-17(16)20-3/h6-7,10,13,15H,8-9,11-12,18H2,1-3H3. The van der Waals surface area contributed by atoms with Gasteiger partial charge in [-0.15, -0.1) is 0 Å². The third-order valence-electron chi connectivity index (χ3n) is 3.88. The lowest BCUT2D eigenvalue weighted by Crippen LogP contribution is -2.21. The molecule has 3 nitrogen and oxygen atoms in total. The lowest BCUT2D eigenvalue weighted by molar-refractivity contribution is 0.300. The van der Waals surface area contributed by atoms with Gasteiger partial charge in [0.2, 0.25) is 0 Å². The molecular formula is C17H24N2O. The molecule has 0 aliphatic heterocycles. The molecular weight excluding hydrogens is 248 g/mol. The molecule has 0 amide bonds. The van der Waals surface area contributed by atoms with Gasteiger partial charge >= 0.3 is 0 Å². The van der Waals surface area contributed by atoms with Crippen molar-refractivity contribution in [1.29, 1.82) is 0 Å². The summed E-state index contributed by atoms with van der Waals surface area (Å²) in [6, 6.07) is 6.08. The molecule has 1 saturated carbocycles. The van der Waals surface area contributed by atoms with Crippen LogP contribution in [0.3, 0.4) is 0 Å². The summed E-state index contributed by atoms with van der Waals surface area (Å²) in [4.78, 5) is 2.37. The zero-order valence-electron chi connectivity index (χ0n) is 12.6. The van der Waals surface area contributed by atoms with Crippen LogP contribution >= 0.6 is 0 Å². The Labute approximate surface area is 122 Å². The summed E-state index contributed by atoms with van der Waals surface area (Å²) in [5, 5.41) is 0. The summed E-state index contributed by atoms with van der Waals surface area (Å²) in [7, 11) is 3.88. The zero-order chi connectivity index (χ0) is 14.5. The Hall–Kier alpha value is -1.50. The maximum Gasteiger partial charge on any atom is 0.123 e. The molecule has 3 heteroatoms. The third-order valence-corrected chi connectivity index (χ3v) is 3.88. The van der Waals surface area contributed by atoms with Crippen LogP contribution in [0, 0.1) is 23.7 Å². The predicted molar refractivity (Wildman–Crippen MR) is 82.5 cm³/mol. The first-order chi connectivity index (χ1) is 9.63.